The zero-order chi connectivity index (χ0) is 15.5. The molecule has 21 heavy (non-hydrogen) atoms. The molecule has 0 saturated heterocycles. The number of pyridine rings is 1. The number of ether oxygens (including phenoxy) is 1. The highest BCUT2D eigenvalue weighted by Crippen LogP contribution is 2.26. The normalized spacial score (nSPS) is 11.2. The van der Waals surface area contributed by atoms with Crippen molar-refractivity contribution in [2.75, 3.05) is 11.9 Å². The lowest BCUT2D eigenvalue weighted by molar-refractivity contribution is -0.144. The summed E-state index contributed by atoms with van der Waals surface area (Å²) in [6.45, 7) is 2.00. The Morgan fingerprint density at radius 1 is 1.48 bits per heavy atom. The number of amides is 1. The van der Waals surface area contributed by atoms with Gasteiger partial charge in [-0.1, -0.05) is 0 Å². The lowest BCUT2D eigenvalue weighted by Gasteiger charge is -2.07. The van der Waals surface area contributed by atoms with Crippen LogP contribution in [0.2, 0.25) is 0 Å². The van der Waals surface area contributed by atoms with Crippen LogP contribution in [0.5, 0.6) is 5.88 Å². The average Bonchev–Trinajstić information content (AvgIpc) is 2.88. The Labute approximate surface area is 116 Å². The zero-order valence-electron chi connectivity index (χ0n) is 10.7. The second-order valence-corrected chi connectivity index (χ2v) is 3.75. The van der Waals surface area contributed by atoms with Crippen LogP contribution in [-0.2, 0) is 6.18 Å². The van der Waals surface area contributed by atoms with Crippen molar-refractivity contribution in [1.82, 2.24) is 20.2 Å². The van der Waals surface area contributed by atoms with E-state index < -0.39 is 23.9 Å². The molecular formula is C11H10F3N5O2. The standard InChI is InChI=1S/C11H10F3N5O2/c1-2-21-8-6(4-3-5-15-8)7(20)16-10-17-9(18-19-10)11(12,13)14/h3-5H,2H2,1H3,(H2,16,17,18,19,20). The maximum absolute atomic E-state index is 12.3. The van der Waals surface area contributed by atoms with Gasteiger partial charge in [0, 0.05) is 6.20 Å². The monoisotopic (exact) mass is 301 g/mol. The summed E-state index contributed by atoms with van der Waals surface area (Å²) in [6.07, 6.45) is -3.24. The van der Waals surface area contributed by atoms with E-state index >= 15 is 0 Å². The number of aromatic nitrogens is 4. The molecule has 2 rings (SSSR count). The van der Waals surface area contributed by atoms with Crippen molar-refractivity contribution >= 4 is 11.9 Å². The molecule has 0 aromatic carbocycles. The van der Waals surface area contributed by atoms with Gasteiger partial charge in [0.2, 0.25) is 17.7 Å². The van der Waals surface area contributed by atoms with Gasteiger partial charge < -0.3 is 4.74 Å². The second-order valence-electron chi connectivity index (χ2n) is 3.75. The lowest BCUT2D eigenvalue weighted by atomic mass is 10.2. The van der Waals surface area contributed by atoms with E-state index in [9.17, 15) is 18.0 Å². The quantitative estimate of drug-likeness (QED) is 0.899. The predicted octanol–water partition coefficient (Wildman–Crippen LogP) is 1.87. The van der Waals surface area contributed by atoms with E-state index in [-0.39, 0.29) is 18.1 Å². The van der Waals surface area contributed by atoms with Crippen molar-refractivity contribution in [3.8, 4) is 5.88 Å². The number of hydrogen-bond donors (Lipinski definition) is 2. The Bertz CT molecular complexity index is 641. The molecule has 112 valence electrons. The van der Waals surface area contributed by atoms with Gasteiger partial charge in [0.25, 0.3) is 5.91 Å². The number of H-pyrrole nitrogens is 1. The molecule has 0 fully saturated rings. The summed E-state index contributed by atoms with van der Waals surface area (Å²) in [6, 6.07) is 2.92. The van der Waals surface area contributed by atoms with Crippen LogP contribution in [0.25, 0.3) is 0 Å². The number of halogens is 3. The number of nitrogens with zero attached hydrogens (tertiary/aromatic N) is 3. The molecule has 1 amide bonds. The van der Waals surface area contributed by atoms with Crippen LogP contribution in [-0.4, -0.2) is 32.7 Å². The number of carbonyl (C=O) groups is 1. The van der Waals surface area contributed by atoms with Crippen molar-refractivity contribution in [1.29, 1.82) is 0 Å². The largest absolute Gasteiger partial charge is 0.477 e. The van der Waals surface area contributed by atoms with E-state index in [1.54, 1.807) is 12.0 Å². The van der Waals surface area contributed by atoms with Gasteiger partial charge >= 0.3 is 6.18 Å². The smallest absolute Gasteiger partial charge is 0.451 e. The fraction of sp³-hybridized carbons (Fsp3) is 0.273. The first-order chi connectivity index (χ1) is 9.91. The van der Waals surface area contributed by atoms with Crippen LogP contribution in [0.15, 0.2) is 18.3 Å². The number of hydrogen-bond acceptors (Lipinski definition) is 5. The molecule has 0 radical (unpaired) electrons. The summed E-state index contributed by atoms with van der Waals surface area (Å²) in [5.41, 5.74) is 0.0673. The van der Waals surface area contributed by atoms with Gasteiger partial charge in [-0.15, -0.1) is 5.10 Å². The molecule has 0 aliphatic heterocycles. The van der Waals surface area contributed by atoms with Crippen LogP contribution < -0.4 is 10.1 Å². The predicted molar refractivity (Wildman–Crippen MR) is 64.7 cm³/mol. The minimum Gasteiger partial charge on any atom is -0.477 e. The fourth-order valence-electron chi connectivity index (χ4n) is 1.43. The number of anilines is 1. The van der Waals surface area contributed by atoms with Crippen molar-refractivity contribution < 1.29 is 22.7 Å². The number of alkyl halides is 3. The van der Waals surface area contributed by atoms with Crippen molar-refractivity contribution in [2.24, 2.45) is 0 Å². The molecule has 10 heteroatoms. The Hall–Kier alpha value is -2.65. The summed E-state index contributed by atoms with van der Waals surface area (Å²) < 4.78 is 42.2. The van der Waals surface area contributed by atoms with Crippen molar-refractivity contribution in [3.63, 3.8) is 0 Å². The minimum atomic E-state index is -4.67. The average molecular weight is 301 g/mol. The van der Waals surface area contributed by atoms with Gasteiger partial charge in [-0.2, -0.15) is 18.2 Å². The molecule has 0 saturated carbocycles. The number of rotatable bonds is 4. The van der Waals surface area contributed by atoms with Crippen molar-refractivity contribution in [2.45, 2.75) is 13.1 Å². The molecule has 7 nitrogen and oxygen atoms in total. The van der Waals surface area contributed by atoms with Gasteiger partial charge in [-0.05, 0) is 19.1 Å². The molecule has 2 N–H and O–H groups in total. The molecule has 2 aromatic heterocycles. The van der Waals surface area contributed by atoms with E-state index in [0.29, 0.717) is 0 Å². The third kappa shape index (κ3) is 3.46. The highest BCUT2D eigenvalue weighted by atomic mass is 19.4. The fourth-order valence-corrected chi connectivity index (χ4v) is 1.43. The Kier molecular flexibility index (Phi) is 4.05. The van der Waals surface area contributed by atoms with Gasteiger partial charge in [-0.3, -0.25) is 15.2 Å². The summed E-state index contributed by atoms with van der Waals surface area (Å²) in [5, 5.41) is 7.11. The SMILES string of the molecule is CCOc1ncccc1C(=O)Nc1n[nH]c(C(F)(F)F)n1. The highest BCUT2D eigenvalue weighted by Gasteiger charge is 2.35. The Morgan fingerprint density at radius 3 is 2.86 bits per heavy atom. The van der Waals surface area contributed by atoms with Crippen molar-refractivity contribution in [3.05, 3.63) is 29.7 Å². The first-order valence-corrected chi connectivity index (χ1v) is 5.80. The van der Waals surface area contributed by atoms with Crippen LogP contribution in [0, 0.1) is 0 Å². The zero-order valence-corrected chi connectivity index (χ0v) is 10.7. The van der Waals surface area contributed by atoms with Crippen LogP contribution in [0.4, 0.5) is 19.1 Å². The highest BCUT2D eigenvalue weighted by molar-refractivity contribution is 6.04. The summed E-state index contributed by atoms with van der Waals surface area (Å²) in [7, 11) is 0. The first-order valence-electron chi connectivity index (χ1n) is 5.80. The molecular weight excluding hydrogens is 291 g/mol. The van der Waals surface area contributed by atoms with E-state index in [0.717, 1.165) is 0 Å². The molecule has 0 aliphatic rings. The summed E-state index contributed by atoms with van der Waals surface area (Å²) in [5.74, 6) is -2.43. The minimum absolute atomic E-state index is 0.0673. The third-order valence-electron chi connectivity index (χ3n) is 2.28. The van der Waals surface area contributed by atoms with Gasteiger partial charge in [-0.25, -0.2) is 4.98 Å². The van der Waals surface area contributed by atoms with Crippen LogP contribution >= 0.6 is 0 Å². The lowest BCUT2D eigenvalue weighted by Crippen LogP contribution is -2.15. The van der Waals surface area contributed by atoms with E-state index in [2.05, 4.69) is 20.4 Å². The molecule has 2 aromatic rings. The van der Waals surface area contributed by atoms with E-state index in [1.165, 1.54) is 18.3 Å². The van der Waals surface area contributed by atoms with Crippen LogP contribution in [0.3, 0.4) is 0 Å². The van der Waals surface area contributed by atoms with Gasteiger partial charge in [0.05, 0.1) is 6.61 Å². The molecule has 0 unspecified atom stereocenters. The Balaban J connectivity index is 2.17. The number of nitrogens with one attached hydrogen (secondary N) is 2. The number of aromatic amines is 1. The molecule has 0 bridgehead atoms. The summed E-state index contributed by atoms with van der Waals surface area (Å²) in [4.78, 5) is 19.0. The second kappa shape index (κ2) is 5.77. The van der Waals surface area contributed by atoms with Gasteiger partial charge in [0.15, 0.2) is 0 Å². The maximum Gasteiger partial charge on any atom is 0.451 e. The molecule has 0 spiro atoms. The summed E-state index contributed by atoms with van der Waals surface area (Å²) >= 11 is 0. The third-order valence-corrected chi connectivity index (χ3v) is 2.28. The van der Waals surface area contributed by atoms with E-state index in [1.807, 2.05) is 0 Å². The topological polar surface area (TPSA) is 92.8 Å². The Morgan fingerprint density at radius 2 is 2.24 bits per heavy atom. The number of carbonyl (C=O) groups excluding carboxylic acids is 1. The molecule has 0 aliphatic carbocycles. The first kappa shape index (κ1) is 14.8. The molecule has 2 heterocycles. The van der Waals surface area contributed by atoms with Crippen LogP contribution in [0.1, 0.15) is 23.1 Å². The maximum atomic E-state index is 12.3. The van der Waals surface area contributed by atoms with E-state index in [4.69, 9.17) is 4.74 Å². The van der Waals surface area contributed by atoms with Gasteiger partial charge in [0.1, 0.15) is 5.56 Å². The molecule has 0 atom stereocenters.